The van der Waals surface area contributed by atoms with E-state index in [1.165, 1.54) is 16.9 Å². The van der Waals surface area contributed by atoms with Gasteiger partial charge in [0.25, 0.3) is 5.56 Å². The van der Waals surface area contributed by atoms with Gasteiger partial charge in [0.2, 0.25) is 0 Å². The minimum Gasteiger partial charge on any atom is -0.268 e. The number of thiophene rings is 1. The maximum absolute atomic E-state index is 13.8. The monoisotopic (exact) mass is 486 g/mol. The second-order valence-corrected chi connectivity index (χ2v) is 10.6. The van der Waals surface area contributed by atoms with Crippen LogP contribution < -0.4 is 5.56 Å². The van der Waals surface area contributed by atoms with E-state index in [2.05, 4.69) is 0 Å². The summed E-state index contributed by atoms with van der Waals surface area (Å²) in [6.07, 6.45) is 4.34. The SMILES string of the molecule is Cc1cccc(-n2c(SCc3ccc(Cl)c(Cl)c3)nc3sc4c(c3c2=O)CCCC4)c1. The van der Waals surface area contributed by atoms with Gasteiger partial charge in [0.1, 0.15) is 4.83 Å². The molecule has 2 heterocycles. The van der Waals surface area contributed by atoms with Gasteiger partial charge in [0, 0.05) is 10.6 Å². The van der Waals surface area contributed by atoms with Crippen LogP contribution in [-0.4, -0.2) is 9.55 Å². The van der Waals surface area contributed by atoms with E-state index in [-0.39, 0.29) is 5.56 Å². The third-order valence-corrected chi connectivity index (χ3v) is 8.50. The van der Waals surface area contributed by atoms with Crippen LogP contribution in [0, 0.1) is 6.92 Å². The van der Waals surface area contributed by atoms with E-state index in [1.54, 1.807) is 33.7 Å². The van der Waals surface area contributed by atoms with Crippen molar-refractivity contribution in [3.63, 3.8) is 0 Å². The minimum absolute atomic E-state index is 0.0339. The highest BCUT2D eigenvalue weighted by Crippen LogP contribution is 2.36. The topological polar surface area (TPSA) is 34.9 Å². The number of nitrogens with zero attached hydrogens (tertiary/aromatic N) is 2. The Bertz CT molecular complexity index is 1360. The van der Waals surface area contributed by atoms with Gasteiger partial charge in [-0.25, -0.2) is 4.98 Å². The molecular weight excluding hydrogens is 467 g/mol. The smallest absolute Gasteiger partial charge is 0.267 e. The molecular formula is C24H20Cl2N2OS2. The molecule has 0 bridgehead atoms. The Morgan fingerprint density at radius 2 is 1.94 bits per heavy atom. The summed E-state index contributed by atoms with van der Waals surface area (Å²) in [5.74, 6) is 0.645. The Morgan fingerprint density at radius 3 is 2.74 bits per heavy atom. The average molecular weight is 487 g/mol. The summed E-state index contributed by atoms with van der Waals surface area (Å²) >= 11 is 15.5. The highest BCUT2D eigenvalue weighted by atomic mass is 35.5. The van der Waals surface area contributed by atoms with Gasteiger partial charge in [-0.15, -0.1) is 11.3 Å². The van der Waals surface area contributed by atoms with Crippen LogP contribution in [0.25, 0.3) is 15.9 Å². The molecule has 0 amide bonds. The van der Waals surface area contributed by atoms with Gasteiger partial charge in [-0.05, 0) is 73.6 Å². The van der Waals surface area contributed by atoms with Gasteiger partial charge < -0.3 is 0 Å². The number of hydrogen-bond donors (Lipinski definition) is 0. The summed E-state index contributed by atoms with van der Waals surface area (Å²) in [4.78, 5) is 21.0. The molecule has 0 spiro atoms. The Balaban J connectivity index is 1.65. The first-order chi connectivity index (χ1) is 15.0. The van der Waals surface area contributed by atoms with Crippen LogP contribution in [0.2, 0.25) is 10.0 Å². The maximum Gasteiger partial charge on any atom is 0.267 e. The second kappa shape index (κ2) is 8.62. The molecule has 31 heavy (non-hydrogen) atoms. The Labute approximate surface area is 199 Å². The predicted octanol–water partition coefficient (Wildman–Crippen LogP) is 7.23. The van der Waals surface area contributed by atoms with Gasteiger partial charge in [-0.2, -0.15) is 0 Å². The van der Waals surface area contributed by atoms with E-state index in [0.717, 1.165) is 46.3 Å². The zero-order valence-electron chi connectivity index (χ0n) is 17.0. The van der Waals surface area contributed by atoms with Crippen LogP contribution >= 0.6 is 46.3 Å². The van der Waals surface area contributed by atoms with Crippen molar-refractivity contribution in [2.45, 2.75) is 43.5 Å². The van der Waals surface area contributed by atoms with Crippen molar-refractivity contribution in [3.05, 3.63) is 84.4 Å². The van der Waals surface area contributed by atoms with E-state index < -0.39 is 0 Å². The molecule has 2 aromatic heterocycles. The number of rotatable bonds is 4. The van der Waals surface area contributed by atoms with Crippen LogP contribution in [0.3, 0.4) is 0 Å². The lowest BCUT2D eigenvalue weighted by atomic mass is 9.97. The molecule has 5 rings (SSSR count). The molecule has 0 saturated heterocycles. The van der Waals surface area contributed by atoms with Gasteiger partial charge in [0.15, 0.2) is 5.16 Å². The molecule has 0 unspecified atom stereocenters. The fourth-order valence-electron chi connectivity index (χ4n) is 4.06. The van der Waals surface area contributed by atoms with E-state index in [0.29, 0.717) is 21.0 Å². The third-order valence-electron chi connectivity index (χ3n) is 5.57. The summed E-state index contributed by atoms with van der Waals surface area (Å²) in [6, 6.07) is 13.7. The fraction of sp³-hybridized carbons (Fsp3) is 0.250. The number of hydrogen-bond acceptors (Lipinski definition) is 4. The normalized spacial score (nSPS) is 13.5. The zero-order chi connectivity index (χ0) is 21.5. The second-order valence-electron chi connectivity index (χ2n) is 7.80. The number of fused-ring (bicyclic) bond motifs is 3. The van der Waals surface area contributed by atoms with E-state index in [1.807, 2.05) is 43.3 Å². The van der Waals surface area contributed by atoms with Crippen LogP contribution in [0.4, 0.5) is 0 Å². The standard InChI is InChI=1S/C24H20Cl2N2OS2/c1-14-5-4-6-16(11-14)28-23(29)21-17-7-2-3-8-20(17)31-22(21)27-24(28)30-13-15-9-10-18(25)19(26)12-15/h4-6,9-12H,2-3,7-8,13H2,1H3. The molecule has 0 radical (unpaired) electrons. The van der Waals surface area contributed by atoms with Gasteiger partial charge in [-0.3, -0.25) is 9.36 Å². The maximum atomic E-state index is 13.8. The lowest BCUT2D eigenvalue weighted by Crippen LogP contribution is -2.22. The highest BCUT2D eigenvalue weighted by molar-refractivity contribution is 7.98. The van der Waals surface area contributed by atoms with Crippen LogP contribution in [-0.2, 0) is 18.6 Å². The molecule has 4 aromatic rings. The molecule has 7 heteroatoms. The van der Waals surface area contributed by atoms with Crippen molar-refractivity contribution in [3.8, 4) is 5.69 Å². The Morgan fingerprint density at radius 1 is 1.10 bits per heavy atom. The zero-order valence-corrected chi connectivity index (χ0v) is 20.1. The number of aryl methyl sites for hydroxylation is 3. The van der Waals surface area contributed by atoms with Gasteiger partial charge in [0.05, 0.1) is 21.1 Å². The molecule has 0 fully saturated rings. The average Bonchev–Trinajstić information content (AvgIpc) is 3.13. The molecule has 0 aliphatic heterocycles. The Hall–Kier alpha value is -1.79. The molecule has 3 nitrogen and oxygen atoms in total. The van der Waals surface area contributed by atoms with Gasteiger partial charge in [-0.1, -0.05) is 53.2 Å². The van der Waals surface area contributed by atoms with Crippen molar-refractivity contribution >= 4 is 56.5 Å². The van der Waals surface area contributed by atoms with Gasteiger partial charge >= 0.3 is 0 Å². The fourth-order valence-corrected chi connectivity index (χ4v) is 6.63. The van der Waals surface area contributed by atoms with Crippen molar-refractivity contribution in [2.75, 3.05) is 0 Å². The summed E-state index contributed by atoms with van der Waals surface area (Å²) < 4.78 is 1.78. The predicted molar refractivity (Wildman–Crippen MR) is 133 cm³/mol. The van der Waals surface area contributed by atoms with E-state index in [9.17, 15) is 4.79 Å². The highest BCUT2D eigenvalue weighted by Gasteiger charge is 2.23. The minimum atomic E-state index is 0.0339. The van der Waals surface area contributed by atoms with Crippen molar-refractivity contribution in [1.82, 2.24) is 9.55 Å². The lowest BCUT2D eigenvalue weighted by Gasteiger charge is -2.14. The largest absolute Gasteiger partial charge is 0.268 e. The first-order valence-corrected chi connectivity index (χ1v) is 12.8. The number of aromatic nitrogens is 2. The lowest BCUT2D eigenvalue weighted by molar-refractivity contribution is 0.699. The molecule has 158 valence electrons. The molecule has 1 aliphatic carbocycles. The summed E-state index contributed by atoms with van der Waals surface area (Å²) in [6.45, 7) is 2.04. The number of thioether (sulfide) groups is 1. The number of benzene rings is 2. The van der Waals surface area contributed by atoms with Crippen molar-refractivity contribution in [2.24, 2.45) is 0 Å². The summed E-state index contributed by atoms with van der Waals surface area (Å²) in [5.41, 5.74) is 4.25. The quantitative estimate of drug-likeness (QED) is 0.225. The molecule has 0 atom stereocenters. The van der Waals surface area contributed by atoms with E-state index in [4.69, 9.17) is 28.2 Å². The van der Waals surface area contributed by atoms with Crippen molar-refractivity contribution in [1.29, 1.82) is 0 Å². The molecule has 1 aliphatic rings. The van der Waals surface area contributed by atoms with Crippen LogP contribution in [0.5, 0.6) is 0 Å². The molecule has 2 aromatic carbocycles. The third kappa shape index (κ3) is 4.05. The summed E-state index contributed by atoms with van der Waals surface area (Å²) in [5, 5.41) is 2.58. The number of halogens is 2. The van der Waals surface area contributed by atoms with E-state index >= 15 is 0 Å². The Kier molecular flexibility index (Phi) is 5.86. The van der Waals surface area contributed by atoms with Crippen LogP contribution in [0.1, 0.15) is 34.4 Å². The first-order valence-electron chi connectivity index (χ1n) is 10.2. The van der Waals surface area contributed by atoms with Crippen LogP contribution in [0.15, 0.2) is 52.4 Å². The summed E-state index contributed by atoms with van der Waals surface area (Å²) in [7, 11) is 0. The first kappa shape index (κ1) is 21.1. The molecule has 0 N–H and O–H groups in total. The van der Waals surface area contributed by atoms with Crippen molar-refractivity contribution < 1.29 is 0 Å². The molecule has 0 saturated carbocycles.